The van der Waals surface area contributed by atoms with Gasteiger partial charge in [-0.3, -0.25) is 0 Å². The van der Waals surface area contributed by atoms with Gasteiger partial charge in [0, 0.05) is 23.2 Å². The normalized spacial score (nSPS) is 10.6. The molecule has 0 aromatic heterocycles. The summed E-state index contributed by atoms with van der Waals surface area (Å²) in [5.74, 6) is -0.919. The van der Waals surface area contributed by atoms with E-state index in [9.17, 15) is 4.79 Å². The molecule has 0 fully saturated rings. The summed E-state index contributed by atoms with van der Waals surface area (Å²) in [7, 11) is 2.03. The molecule has 2 N–H and O–H groups in total. The van der Waals surface area contributed by atoms with Crippen molar-refractivity contribution in [3.05, 3.63) is 28.2 Å². The molecule has 0 heterocycles. The number of anilines is 1. The number of halogens is 1. The van der Waals surface area contributed by atoms with Gasteiger partial charge in [0.2, 0.25) is 0 Å². The van der Waals surface area contributed by atoms with Crippen LogP contribution in [0.1, 0.15) is 17.3 Å². The van der Waals surface area contributed by atoms with Gasteiger partial charge in [0.25, 0.3) is 0 Å². The second kappa shape index (κ2) is 6.61. The van der Waals surface area contributed by atoms with Gasteiger partial charge < -0.3 is 15.3 Å². The summed E-state index contributed by atoms with van der Waals surface area (Å²) in [6.07, 6.45) is 0. The molecular formula is C12H17BrN2O2. The Morgan fingerprint density at radius 1 is 1.53 bits per heavy atom. The van der Waals surface area contributed by atoms with E-state index in [1.807, 2.05) is 13.1 Å². The topological polar surface area (TPSA) is 52.6 Å². The maximum Gasteiger partial charge on any atom is 0.337 e. The number of carboxylic acid groups (broad SMARTS) is 1. The van der Waals surface area contributed by atoms with Crippen LogP contribution in [0.2, 0.25) is 0 Å². The number of hydrogen-bond donors (Lipinski definition) is 2. The summed E-state index contributed by atoms with van der Waals surface area (Å²) in [5, 5.41) is 12.2. The third-order valence-electron chi connectivity index (χ3n) is 2.56. The Bertz CT molecular complexity index is 396. The van der Waals surface area contributed by atoms with Crippen molar-refractivity contribution >= 4 is 27.6 Å². The first-order valence-corrected chi connectivity index (χ1v) is 6.29. The van der Waals surface area contributed by atoms with Crippen LogP contribution in [0.15, 0.2) is 22.7 Å². The van der Waals surface area contributed by atoms with Gasteiger partial charge >= 0.3 is 5.97 Å². The lowest BCUT2D eigenvalue weighted by atomic mass is 10.2. The molecule has 0 spiro atoms. The molecule has 4 nitrogen and oxygen atoms in total. The molecule has 0 aliphatic heterocycles. The Labute approximate surface area is 110 Å². The Morgan fingerprint density at radius 3 is 2.82 bits per heavy atom. The maximum atomic E-state index is 11.1. The Kier molecular flexibility index (Phi) is 5.44. The van der Waals surface area contributed by atoms with Gasteiger partial charge in [-0.25, -0.2) is 4.79 Å². The zero-order valence-electron chi connectivity index (χ0n) is 10.0. The molecular weight excluding hydrogens is 284 g/mol. The third kappa shape index (κ3) is 4.36. The standard InChI is InChI=1S/C12H17BrN2O2/c1-3-15(2)7-6-14-11-5-4-9(13)8-10(11)12(16)17/h4-5,8,14H,3,6-7H2,1-2H3,(H,16,17). The van der Waals surface area contributed by atoms with Gasteiger partial charge in [-0.05, 0) is 31.8 Å². The van der Waals surface area contributed by atoms with Crippen molar-refractivity contribution in [2.45, 2.75) is 6.92 Å². The summed E-state index contributed by atoms with van der Waals surface area (Å²) < 4.78 is 0.770. The molecule has 5 heteroatoms. The second-order valence-corrected chi connectivity index (χ2v) is 4.73. The highest BCUT2D eigenvalue weighted by Gasteiger charge is 2.10. The van der Waals surface area contributed by atoms with E-state index in [2.05, 4.69) is 33.1 Å². The molecule has 0 aliphatic carbocycles. The van der Waals surface area contributed by atoms with E-state index < -0.39 is 5.97 Å². The van der Waals surface area contributed by atoms with Crippen molar-refractivity contribution in [2.75, 3.05) is 32.0 Å². The van der Waals surface area contributed by atoms with Gasteiger partial charge in [-0.2, -0.15) is 0 Å². The number of carbonyl (C=O) groups is 1. The molecule has 0 bridgehead atoms. The van der Waals surface area contributed by atoms with Crippen LogP contribution in [-0.4, -0.2) is 42.7 Å². The molecule has 1 aromatic carbocycles. The van der Waals surface area contributed by atoms with Gasteiger partial charge in [-0.1, -0.05) is 22.9 Å². The van der Waals surface area contributed by atoms with Crippen molar-refractivity contribution in [3.63, 3.8) is 0 Å². The number of aromatic carboxylic acids is 1. The maximum absolute atomic E-state index is 11.1. The zero-order chi connectivity index (χ0) is 12.8. The van der Waals surface area contributed by atoms with Crippen molar-refractivity contribution < 1.29 is 9.90 Å². The smallest absolute Gasteiger partial charge is 0.337 e. The van der Waals surface area contributed by atoms with E-state index in [-0.39, 0.29) is 0 Å². The fourth-order valence-corrected chi connectivity index (χ4v) is 1.75. The number of carboxylic acids is 1. The molecule has 0 saturated heterocycles. The SMILES string of the molecule is CCN(C)CCNc1ccc(Br)cc1C(=O)O. The molecule has 0 aliphatic rings. The summed E-state index contributed by atoms with van der Waals surface area (Å²) in [6.45, 7) is 4.67. The number of nitrogens with one attached hydrogen (secondary N) is 1. The Morgan fingerprint density at radius 2 is 2.24 bits per heavy atom. The first kappa shape index (κ1) is 14.0. The summed E-state index contributed by atoms with van der Waals surface area (Å²) in [6, 6.07) is 5.21. The van der Waals surface area contributed by atoms with E-state index in [0.29, 0.717) is 11.3 Å². The fraction of sp³-hybridized carbons (Fsp3) is 0.417. The molecule has 0 atom stereocenters. The number of nitrogens with zero attached hydrogens (tertiary/aromatic N) is 1. The largest absolute Gasteiger partial charge is 0.478 e. The number of benzene rings is 1. The van der Waals surface area contributed by atoms with Crippen LogP contribution in [0, 0.1) is 0 Å². The van der Waals surface area contributed by atoms with Crippen LogP contribution in [0.5, 0.6) is 0 Å². The fourth-order valence-electron chi connectivity index (χ4n) is 1.39. The highest BCUT2D eigenvalue weighted by atomic mass is 79.9. The molecule has 17 heavy (non-hydrogen) atoms. The average molecular weight is 301 g/mol. The van der Waals surface area contributed by atoms with Crippen molar-refractivity contribution in [3.8, 4) is 0 Å². The first-order chi connectivity index (χ1) is 8.04. The lowest BCUT2D eigenvalue weighted by Gasteiger charge is -2.15. The molecule has 0 amide bonds. The molecule has 0 saturated carbocycles. The van der Waals surface area contributed by atoms with Crippen molar-refractivity contribution in [1.82, 2.24) is 4.90 Å². The van der Waals surface area contributed by atoms with Gasteiger partial charge in [0.1, 0.15) is 0 Å². The minimum absolute atomic E-state index is 0.290. The van der Waals surface area contributed by atoms with Crippen molar-refractivity contribution in [1.29, 1.82) is 0 Å². The quantitative estimate of drug-likeness (QED) is 0.847. The van der Waals surface area contributed by atoms with Gasteiger partial charge in [0.05, 0.1) is 5.56 Å². The lowest BCUT2D eigenvalue weighted by Crippen LogP contribution is -2.25. The molecule has 0 radical (unpaired) electrons. The van der Waals surface area contributed by atoms with Gasteiger partial charge in [-0.15, -0.1) is 0 Å². The summed E-state index contributed by atoms with van der Waals surface area (Å²) in [4.78, 5) is 13.2. The van der Waals surface area contributed by atoms with Crippen LogP contribution < -0.4 is 5.32 Å². The van der Waals surface area contributed by atoms with Crippen LogP contribution in [0.4, 0.5) is 5.69 Å². The molecule has 0 unspecified atom stereocenters. The van der Waals surface area contributed by atoms with E-state index in [0.717, 1.165) is 24.1 Å². The number of hydrogen-bond acceptors (Lipinski definition) is 3. The predicted octanol–water partition coefficient (Wildman–Crippen LogP) is 2.51. The highest BCUT2D eigenvalue weighted by molar-refractivity contribution is 9.10. The predicted molar refractivity (Wildman–Crippen MR) is 72.8 cm³/mol. The minimum atomic E-state index is -0.919. The first-order valence-electron chi connectivity index (χ1n) is 5.50. The average Bonchev–Trinajstić information content (AvgIpc) is 2.30. The summed E-state index contributed by atoms with van der Waals surface area (Å²) in [5.41, 5.74) is 0.948. The van der Waals surface area contributed by atoms with E-state index in [4.69, 9.17) is 5.11 Å². The van der Waals surface area contributed by atoms with Gasteiger partial charge in [0.15, 0.2) is 0 Å². The molecule has 94 valence electrons. The Balaban J connectivity index is 2.67. The van der Waals surface area contributed by atoms with Crippen molar-refractivity contribution in [2.24, 2.45) is 0 Å². The molecule has 1 aromatic rings. The van der Waals surface area contributed by atoms with Crippen LogP contribution in [-0.2, 0) is 0 Å². The highest BCUT2D eigenvalue weighted by Crippen LogP contribution is 2.20. The summed E-state index contributed by atoms with van der Waals surface area (Å²) >= 11 is 3.27. The van der Waals surface area contributed by atoms with E-state index >= 15 is 0 Å². The van der Waals surface area contributed by atoms with Crippen LogP contribution in [0.25, 0.3) is 0 Å². The van der Waals surface area contributed by atoms with E-state index in [1.54, 1.807) is 12.1 Å². The second-order valence-electron chi connectivity index (χ2n) is 3.82. The van der Waals surface area contributed by atoms with Crippen LogP contribution in [0.3, 0.4) is 0 Å². The lowest BCUT2D eigenvalue weighted by molar-refractivity contribution is 0.0698. The van der Waals surface area contributed by atoms with Crippen LogP contribution >= 0.6 is 15.9 Å². The minimum Gasteiger partial charge on any atom is -0.478 e. The zero-order valence-corrected chi connectivity index (χ0v) is 11.6. The third-order valence-corrected chi connectivity index (χ3v) is 3.05. The molecule has 1 rings (SSSR count). The number of rotatable bonds is 6. The Hall–Kier alpha value is -1.07. The monoisotopic (exact) mass is 300 g/mol. The van der Waals surface area contributed by atoms with E-state index in [1.165, 1.54) is 0 Å². The number of likely N-dealkylation sites (N-methyl/N-ethyl adjacent to an activating group) is 1.